The van der Waals surface area contributed by atoms with E-state index in [0.29, 0.717) is 6.61 Å². The van der Waals surface area contributed by atoms with Crippen LogP contribution in [-0.4, -0.2) is 6.04 Å². The highest BCUT2D eigenvalue weighted by Crippen LogP contribution is 2.22. The second-order valence-corrected chi connectivity index (χ2v) is 5.52. The zero-order valence-electron chi connectivity index (χ0n) is 11.0. The molecule has 0 radical (unpaired) electrons. The smallest absolute Gasteiger partial charge is 0.123 e. The van der Waals surface area contributed by atoms with Gasteiger partial charge in [0.15, 0.2) is 0 Å². The lowest BCUT2D eigenvalue weighted by molar-refractivity contribution is 0.301. The van der Waals surface area contributed by atoms with Crippen molar-refractivity contribution in [3.8, 4) is 5.75 Å². The molecule has 0 aliphatic rings. The molecule has 0 aliphatic carbocycles. The lowest BCUT2D eigenvalue weighted by Gasteiger charge is -2.13. The predicted molar refractivity (Wildman–Crippen MR) is 82.3 cm³/mol. The highest BCUT2D eigenvalue weighted by molar-refractivity contribution is 9.10. The maximum absolute atomic E-state index is 5.92. The van der Waals surface area contributed by atoms with Crippen molar-refractivity contribution in [3.05, 3.63) is 64.1 Å². The molecule has 2 N–H and O–H groups in total. The Hall–Kier alpha value is -1.32. The topological polar surface area (TPSA) is 35.2 Å². The Morgan fingerprint density at radius 3 is 2.37 bits per heavy atom. The van der Waals surface area contributed by atoms with Gasteiger partial charge in [-0.3, -0.25) is 0 Å². The van der Waals surface area contributed by atoms with Crippen molar-refractivity contribution in [1.29, 1.82) is 0 Å². The lowest BCUT2D eigenvalue weighted by Crippen LogP contribution is -2.18. The number of nitrogens with two attached hydrogens (primary N) is 1. The largest absolute Gasteiger partial charge is 0.489 e. The molecule has 0 saturated heterocycles. The first-order valence-electron chi connectivity index (χ1n) is 6.36. The van der Waals surface area contributed by atoms with E-state index in [1.54, 1.807) is 0 Å². The number of para-hydroxylation sites is 1. The number of halogens is 1. The summed E-state index contributed by atoms with van der Waals surface area (Å²) in [6.07, 6.45) is 0.826. The molecule has 2 nitrogen and oxygen atoms in total. The Kier molecular flexibility index (Phi) is 5.00. The molecular weight excluding hydrogens is 302 g/mol. The monoisotopic (exact) mass is 319 g/mol. The van der Waals surface area contributed by atoms with Crippen LogP contribution in [0.1, 0.15) is 18.1 Å². The standard InChI is InChI=1S/C16H18BrNO/c1-12(18)10-13-6-3-5-9-16(13)19-11-14-7-2-4-8-15(14)17/h2-9,12H,10-11,18H2,1H3. The predicted octanol–water partition coefficient (Wildman–Crippen LogP) is 3.92. The zero-order chi connectivity index (χ0) is 13.7. The van der Waals surface area contributed by atoms with E-state index in [-0.39, 0.29) is 6.04 Å². The van der Waals surface area contributed by atoms with Crippen LogP contribution in [0.2, 0.25) is 0 Å². The van der Waals surface area contributed by atoms with Gasteiger partial charge in [-0.25, -0.2) is 0 Å². The first-order valence-corrected chi connectivity index (χ1v) is 7.16. The van der Waals surface area contributed by atoms with Crippen LogP contribution in [0.5, 0.6) is 5.75 Å². The lowest BCUT2D eigenvalue weighted by atomic mass is 10.1. The molecular formula is C16H18BrNO. The van der Waals surface area contributed by atoms with E-state index in [2.05, 4.69) is 28.1 Å². The van der Waals surface area contributed by atoms with Crippen molar-refractivity contribution in [1.82, 2.24) is 0 Å². The van der Waals surface area contributed by atoms with E-state index < -0.39 is 0 Å². The summed E-state index contributed by atoms with van der Waals surface area (Å²) in [5, 5.41) is 0. The van der Waals surface area contributed by atoms with Crippen LogP contribution in [0, 0.1) is 0 Å². The fourth-order valence-corrected chi connectivity index (χ4v) is 2.33. The summed E-state index contributed by atoms with van der Waals surface area (Å²) in [7, 11) is 0. The van der Waals surface area contributed by atoms with E-state index in [9.17, 15) is 0 Å². The molecule has 100 valence electrons. The van der Waals surface area contributed by atoms with Crippen LogP contribution in [0.25, 0.3) is 0 Å². The highest BCUT2D eigenvalue weighted by atomic mass is 79.9. The quantitative estimate of drug-likeness (QED) is 0.906. The molecule has 2 rings (SSSR count). The van der Waals surface area contributed by atoms with Gasteiger partial charge in [-0.1, -0.05) is 52.3 Å². The van der Waals surface area contributed by atoms with Gasteiger partial charge in [0, 0.05) is 16.1 Å². The van der Waals surface area contributed by atoms with Gasteiger partial charge in [-0.15, -0.1) is 0 Å². The van der Waals surface area contributed by atoms with Gasteiger partial charge in [0.1, 0.15) is 12.4 Å². The number of hydrogen-bond acceptors (Lipinski definition) is 2. The summed E-state index contributed by atoms with van der Waals surface area (Å²) in [4.78, 5) is 0. The molecule has 0 heterocycles. The highest BCUT2D eigenvalue weighted by Gasteiger charge is 2.06. The van der Waals surface area contributed by atoms with Gasteiger partial charge < -0.3 is 10.5 Å². The number of ether oxygens (including phenoxy) is 1. The van der Waals surface area contributed by atoms with Gasteiger partial charge in [0.05, 0.1) is 0 Å². The minimum atomic E-state index is 0.133. The van der Waals surface area contributed by atoms with E-state index in [1.807, 2.05) is 43.3 Å². The van der Waals surface area contributed by atoms with Crippen molar-refractivity contribution in [2.24, 2.45) is 5.73 Å². The first-order chi connectivity index (χ1) is 9.16. The Labute approximate surface area is 122 Å². The summed E-state index contributed by atoms with van der Waals surface area (Å²) in [5.41, 5.74) is 8.16. The fourth-order valence-electron chi connectivity index (χ4n) is 1.93. The number of benzene rings is 2. The molecule has 0 fully saturated rings. The zero-order valence-corrected chi connectivity index (χ0v) is 12.6. The second kappa shape index (κ2) is 6.73. The van der Waals surface area contributed by atoms with E-state index in [4.69, 9.17) is 10.5 Å². The average Bonchev–Trinajstić information content (AvgIpc) is 2.39. The van der Waals surface area contributed by atoms with Crippen molar-refractivity contribution in [2.45, 2.75) is 26.0 Å². The minimum Gasteiger partial charge on any atom is -0.489 e. The fraction of sp³-hybridized carbons (Fsp3) is 0.250. The normalized spacial score (nSPS) is 12.2. The van der Waals surface area contributed by atoms with Gasteiger partial charge in [0.2, 0.25) is 0 Å². The second-order valence-electron chi connectivity index (χ2n) is 4.67. The minimum absolute atomic E-state index is 0.133. The van der Waals surface area contributed by atoms with Crippen LogP contribution >= 0.6 is 15.9 Å². The summed E-state index contributed by atoms with van der Waals surface area (Å²) < 4.78 is 6.99. The molecule has 0 saturated carbocycles. The summed E-state index contributed by atoms with van der Waals surface area (Å²) >= 11 is 3.53. The van der Waals surface area contributed by atoms with Gasteiger partial charge in [-0.05, 0) is 31.0 Å². The van der Waals surface area contributed by atoms with Crippen molar-refractivity contribution < 1.29 is 4.74 Å². The van der Waals surface area contributed by atoms with Crippen molar-refractivity contribution in [3.63, 3.8) is 0 Å². The molecule has 0 aromatic heterocycles. The Balaban J connectivity index is 2.09. The SMILES string of the molecule is CC(N)Cc1ccccc1OCc1ccccc1Br. The summed E-state index contributed by atoms with van der Waals surface area (Å²) in [6.45, 7) is 2.56. The van der Waals surface area contributed by atoms with Gasteiger partial charge in [0.25, 0.3) is 0 Å². The van der Waals surface area contributed by atoms with Crippen molar-refractivity contribution >= 4 is 15.9 Å². The third-order valence-electron chi connectivity index (χ3n) is 2.86. The average molecular weight is 320 g/mol. The maximum atomic E-state index is 5.92. The molecule has 0 aliphatic heterocycles. The summed E-state index contributed by atoms with van der Waals surface area (Å²) in [5.74, 6) is 0.913. The van der Waals surface area contributed by atoms with Crippen LogP contribution in [0.3, 0.4) is 0 Å². The van der Waals surface area contributed by atoms with Crippen LogP contribution in [0.15, 0.2) is 53.0 Å². The Morgan fingerprint density at radius 2 is 1.68 bits per heavy atom. The van der Waals surface area contributed by atoms with Crippen LogP contribution in [0.4, 0.5) is 0 Å². The molecule has 19 heavy (non-hydrogen) atoms. The van der Waals surface area contributed by atoms with Crippen LogP contribution in [-0.2, 0) is 13.0 Å². The van der Waals surface area contributed by atoms with Crippen LogP contribution < -0.4 is 10.5 Å². The van der Waals surface area contributed by atoms with E-state index in [0.717, 1.165) is 27.8 Å². The molecule has 2 aromatic carbocycles. The van der Waals surface area contributed by atoms with Gasteiger partial charge >= 0.3 is 0 Å². The molecule has 1 atom stereocenters. The summed E-state index contributed by atoms with van der Waals surface area (Å²) in [6, 6.07) is 16.3. The molecule has 1 unspecified atom stereocenters. The molecule has 0 bridgehead atoms. The molecule has 0 amide bonds. The third-order valence-corrected chi connectivity index (χ3v) is 3.63. The Bertz CT molecular complexity index is 540. The molecule has 3 heteroatoms. The number of hydrogen-bond donors (Lipinski definition) is 1. The molecule has 2 aromatic rings. The van der Waals surface area contributed by atoms with E-state index in [1.165, 1.54) is 0 Å². The third kappa shape index (κ3) is 4.08. The van der Waals surface area contributed by atoms with Crippen molar-refractivity contribution in [2.75, 3.05) is 0 Å². The maximum Gasteiger partial charge on any atom is 0.123 e. The van der Waals surface area contributed by atoms with E-state index >= 15 is 0 Å². The van der Waals surface area contributed by atoms with Gasteiger partial charge in [-0.2, -0.15) is 0 Å². The first kappa shape index (κ1) is 14.1. The number of rotatable bonds is 5. The Morgan fingerprint density at radius 1 is 1.05 bits per heavy atom. The molecule has 0 spiro atoms.